The molecule has 0 aliphatic carbocycles. The van der Waals surface area contributed by atoms with Crippen molar-refractivity contribution in [1.82, 2.24) is 0 Å². The summed E-state index contributed by atoms with van der Waals surface area (Å²) in [5.74, 6) is 0. The van der Waals surface area contributed by atoms with Crippen LogP contribution in [-0.2, 0) is 0 Å². The lowest BCUT2D eigenvalue weighted by molar-refractivity contribution is -0.125. The summed E-state index contributed by atoms with van der Waals surface area (Å²) in [5, 5.41) is 0. The van der Waals surface area contributed by atoms with Gasteiger partial charge in [0, 0.05) is 12.2 Å². The molecular weight excluding hydrogens is 179 g/mol. The second-order valence-corrected chi connectivity index (χ2v) is 3.05. The van der Waals surface area contributed by atoms with Crippen LogP contribution < -0.4 is 4.90 Å². The van der Waals surface area contributed by atoms with E-state index in [9.17, 15) is 13.2 Å². The van der Waals surface area contributed by atoms with Gasteiger partial charge in [0.05, 0.1) is 0 Å². The molecule has 1 atom stereocenters. The van der Waals surface area contributed by atoms with E-state index in [4.69, 9.17) is 0 Å². The monoisotopic (exact) mass is 187 g/mol. The standard InChI is InChI=1S/C9H8F3N/c10-9(11,12)8-6-13(8)7-4-2-1-3-5-7/h1-5,8H,6H2. The van der Waals surface area contributed by atoms with Crippen molar-refractivity contribution in [2.24, 2.45) is 0 Å². The van der Waals surface area contributed by atoms with E-state index < -0.39 is 12.2 Å². The van der Waals surface area contributed by atoms with Gasteiger partial charge in [-0.15, -0.1) is 0 Å². The molecule has 1 fully saturated rings. The minimum atomic E-state index is -4.09. The summed E-state index contributed by atoms with van der Waals surface area (Å²) in [6.07, 6.45) is -4.09. The molecule has 0 radical (unpaired) electrons. The van der Waals surface area contributed by atoms with E-state index in [1.165, 1.54) is 4.90 Å². The zero-order valence-corrected chi connectivity index (χ0v) is 6.75. The third kappa shape index (κ3) is 1.61. The second kappa shape index (κ2) is 2.65. The van der Waals surface area contributed by atoms with Gasteiger partial charge in [0.15, 0.2) is 0 Å². The fourth-order valence-electron chi connectivity index (χ4n) is 1.32. The molecule has 0 spiro atoms. The van der Waals surface area contributed by atoms with Crippen LogP contribution in [0, 0.1) is 0 Å². The topological polar surface area (TPSA) is 3.01 Å². The van der Waals surface area contributed by atoms with E-state index >= 15 is 0 Å². The van der Waals surface area contributed by atoms with Gasteiger partial charge in [-0.05, 0) is 12.1 Å². The molecule has 1 aromatic carbocycles. The summed E-state index contributed by atoms with van der Waals surface area (Å²) in [4.78, 5) is 1.33. The Labute approximate surface area is 73.8 Å². The van der Waals surface area contributed by atoms with E-state index in [1.54, 1.807) is 30.3 Å². The van der Waals surface area contributed by atoms with Crippen LogP contribution in [0.5, 0.6) is 0 Å². The largest absolute Gasteiger partial charge is 0.410 e. The Morgan fingerprint density at radius 3 is 2.23 bits per heavy atom. The van der Waals surface area contributed by atoms with Gasteiger partial charge in [-0.25, -0.2) is 0 Å². The van der Waals surface area contributed by atoms with Crippen molar-refractivity contribution < 1.29 is 13.2 Å². The predicted molar refractivity (Wildman–Crippen MR) is 43.6 cm³/mol. The van der Waals surface area contributed by atoms with Gasteiger partial charge >= 0.3 is 6.18 Å². The zero-order chi connectivity index (χ0) is 9.47. The van der Waals surface area contributed by atoms with Gasteiger partial charge in [0.25, 0.3) is 0 Å². The molecule has 0 amide bonds. The first kappa shape index (κ1) is 8.41. The SMILES string of the molecule is FC(F)(F)C1CN1c1ccccc1. The Morgan fingerprint density at radius 1 is 1.15 bits per heavy atom. The Kier molecular flexibility index (Phi) is 1.71. The molecule has 0 saturated carbocycles. The van der Waals surface area contributed by atoms with Crippen molar-refractivity contribution in [3.8, 4) is 0 Å². The summed E-state index contributed by atoms with van der Waals surface area (Å²) in [5.41, 5.74) is 0.643. The van der Waals surface area contributed by atoms with Crippen LogP contribution in [0.25, 0.3) is 0 Å². The first-order valence-corrected chi connectivity index (χ1v) is 3.97. The van der Waals surface area contributed by atoms with Crippen LogP contribution >= 0.6 is 0 Å². The van der Waals surface area contributed by atoms with Gasteiger partial charge < -0.3 is 4.90 Å². The molecule has 13 heavy (non-hydrogen) atoms. The van der Waals surface area contributed by atoms with Crippen molar-refractivity contribution in [2.45, 2.75) is 12.2 Å². The Balaban J connectivity index is 2.09. The van der Waals surface area contributed by atoms with Crippen LogP contribution in [-0.4, -0.2) is 18.8 Å². The summed E-state index contributed by atoms with van der Waals surface area (Å²) in [6.45, 7) is 0.0908. The lowest BCUT2D eigenvalue weighted by Crippen LogP contribution is -2.20. The van der Waals surface area contributed by atoms with E-state index in [0.717, 1.165) is 0 Å². The van der Waals surface area contributed by atoms with E-state index in [1.807, 2.05) is 0 Å². The molecule has 1 heterocycles. The number of hydrogen-bond donors (Lipinski definition) is 0. The summed E-state index contributed by atoms with van der Waals surface area (Å²) < 4.78 is 36.4. The fraction of sp³-hybridized carbons (Fsp3) is 0.333. The summed E-state index contributed by atoms with van der Waals surface area (Å²) in [7, 11) is 0. The fourth-order valence-corrected chi connectivity index (χ4v) is 1.32. The number of benzene rings is 1. The number of halogens is 3. The first-order valence-electron chi connectivity index (χ1n) is 3.97. The number of nitrogens with zero attached hydrogens (tertiary/aromatic N) is 1. The lowest BCUT2D eigenvalue weighted by atomic mass is 10.3. The third-order valence-electron chi connectivity index (χ3n) is 2.08. The molecule has 0 aromatic heterocycles. The molecule has 2 rings (SSSR count). The van der Waals surface area contributed by atoms with E-state index in [0.29, 0.717) is 5.69 Å². The normalized spacial score (nSPS) is 21.8. The highest BCUT2D eigenvalue weighted by molar-refractivity contribution is 5.54. The van der Waals surface area contributed by atoms with E-state index in [2.05, 4.69) is 0 Å². The zero-order valence-electron chi connectivity index (χ0n) is 6.75. The second-order valence-electron chi connectivity index (χ2n) is 3.05. The smallest absolute Gasteiger partial charge is 0.356 e. The molecule has 0 bridgehead atoms. The van der Waals surface area contributed by atoms with E-state index in [-0.39, 0.29) is 6.54 Å². The van der Waals surface area contributed by atoms with Crippen molar-refractivity contribution >= 4 is 5.69 Å². The number of para-hydroxylation sites is 1. The highest BCUT2D eigenvalue weighted by Gasteiger charge is 2.54. The molecule has 1 aliphatic heterocycles. The quantitative estimate of drug-likeness (QED) is 0.610. The molecule has 70 valence electrons. The Bertz CT molecular complexity index is 293. The van der Waals surface area contributed by atoms with Crippen LogP contribution in [0.4, 0.5) is 18.9 Å². The van der Waals surface area contributed by atoms with Crippen molar-refractivity contribution in [3.05, 3.63) is 30.3 Å². The van der Waals surface area contributed by atoms with Crippen LogP contribution in [0.2, 0.25) is 0 Å². The first-order chi connectivity index (χ1) is 6.09. The lowest BCUT2D eigenvalue weighted by Gasteiger charge is -2.07. The van der Waals surface area contributed by atoms with Gasteiger partial charge in [0.1, 0.15) is 6.04 Å². The predicted octanol–water partition coefficient (Wildman–Crippen LogP) is 2.44. The van der Waals surface area contributed by atoms with Gasteiger partial charge in [-0.3, -0.25) is 0 Å². The minimum absolute atomic E-state index is 0.0908. The maximum absolute atomic E-state index is 12.1. The summed E-state index contributed by atoms with van der Waals surface area (Å²) in [6, 6.07) is 7.37. The highest BCUT2D eigenvalue weighted by atomic mass is 19.4. The maximum atomic E-state index is 12.1. The molecule has 4 heteroatoms. The third-order valence-corrected chi connectivity index (χ3v) is 2.08. The van der Waals surface area contributed by atoms with Crippen molar-refractivity contribution in [2.75, 3.05) is 11.4 Å². The van der Waals surface area contributed by atoms with Crippen molar-refractivity contribution in [3.63, 3.8) is 0 Å². The van der Waals surface area contributed by atoms with Gasteiger partial charge in [0.2, 0.25) is 0 Å². The molecule has 0 N–H and O–H groups in total. The average molecular weight is 187 g/mol. The molecule has 1 saturated heterocycles. The number of rotatable bonds is 1. The molecule has 1 unspecified atom stereocenters. The molecule has 1 aromatic rings. The van der Waals surface area contributed by atoms with Crippen molar-refractivity contribution in [1.29, 1.82) is 0 Å². The van der Waals surface area contributed by atoms with Crippen LogP contribution in [0.15, 0.2) is 30.3 Å². The molecule has 1 aliphatic rings. The minimum Gasteiger partial charge on any atom is -0.356 e. The molecular formula is C9H8F3N. The van der Waals surface area contributed by atoms with Crippen LogP contribution in [0.1, 0.15) is 0 Å². The number of hydrogen-bond acceptors (Lipinski definition) is 1. The maximum Gasteiger partial charge on any atom is 0.410 e. The summed E-state index contributed by atoms with van der Waals surface area (Å²) >= 11 is 0. The Morgan fingerprint density at radius 2 is 1.77 bits per heavy atom. The number of alkyl halides is 3. The average Bonchev–Trinajstić information content (AvgIpc) is 2.83. The number of anilines is 1. The highest BCUT2D eigenvalue weighted by Crippen LogP contribution is 2.38. The molecule has 1 nitrogen and oxygen atoms in total. The van der Waals surface area contributed by atoms with Crippen LogP contribution in [0.3, 0.4) is 0 Å². The van der Waals surface area contributed by atoms with Gasteiger partial charge in [-0.2, -0.15) is 13.2 Å². The van der Waals surface area contributed by atoms with Gasteiger partial charge in [-0.1, -0.05) is 18.2 Å². The Hall–Kier alpha value is -1.19.